The fourth-order valence-electron chi connectivity index (χ4n) is 3.25. The molecule has 0 radical (unpaired) electrons. The number of anilines is 1. The molecule has 0 aromatic carbocycles. The van der Waals surface area contributed by atoms with Gasteiger partial charge in [-0.1, -0.05) is 13.8 Å². The first-order valence-electron chi connectivity index (χ1n) is 9.68. The number of nitrogens with one attached hydrogen (secondary N) is 1. The Hall–Kier alpha value is -3.51. The number of nitrogens with two attached hydrogens (primary N) is 1. The normalized spacial score (nSPS) is 16.2. The lowest BCUT2D eigenvalue weighted by Crippen LogP contribution is -2.33. The molecule has 1 aliphatic heterocycles. The van der Waals surface area contributed by atoms with Gasteiger partial charge in [0.05, 0.1) is 26.5 Å². The predicted molar refractivity (Wildman–Crippen MR) is 118 cm³/mol. The van der Waals surface area contributed by atoms with Crippen LogP contribution in [0.25, 0.3) is 11.1 Å². The lowest BCUT2D eigenvalue weighted by molar-refractivity contribution is 0.0972. The fourth-order valence-corrected chi connectivity index (χ4v) is 4.26. The second-order valence-electron chi connectivity index (χ2n) is 8.00. The number of hydrogen-bond acceptors (Lipinski definition) is 7. The van der Waals surface area contributed by atoms with Crippen LogP contribution in [0.5, 0.6) is 11.8 Å². The number of hydrogen-bond donors (Lipinski definition) is 2. The number of amides is 2. The van der Waals surface area contributed by atoms with E-state index in [4.69, 9.17) is 14.6 Å². The van der Waals surface area contributed by atoms with Gasteiger partial charge >= 0.3 is 6.03 Å². The van der Waals surface area contributed by atoms with E-state index in [9.17, 15) is 9.00 Å². The standard InChI is InChI=1S/C20H23N7O4S/c1-20(2)11-27-18(31-12-20)15(10-24-27)32(21,29)26-19(28)25-17-14(5-4-7-23-17)13-6-8-22-16(9-13)30-3/h4-10H,11-12H2,1-3H3,(H3,21,23,25,26,28,29)/t32-/m0/s1. The van der Waals surface area contributed by atoms with Crippen molar-refractivity contribution in [3.63, 3.8) is 0 Å². The van der Waals surface area contributed by atoms with Gasteiger partial charge in [0, 0.05) is 29.4 Å². The molecule has 3 aromatic heterocycles. The van der Waals surface area contributed by atoms with Crippen LogP contribution in [-0.2, 0) is 16.5 Å². The minimum absolute atomic E-state index is 0.0725. The van der Waals surface area contributed by atoms with Crippen LogP contribution in [0.1, 0.15) is 13.8 Å². The highest BCUT2D eigenvalue weighted by Gasteiger charge is 2.32. The van der Waals surface area contributed by atoms with Crippen LogP contribution in [0.3, 0.4) is 0 Å². The molecule has 3 N–H and O–H groups in total. The van der Waals surface area contributed by atoms with E-state index in [-0.39, 0.29) is 22.0 Å². The highest BCUT2D eigenvalue weighted by Crippen LogP contribution is 2.33. The maximum Gasteiger partial charge on any atom is 0.356 e. The molecule has 32 heavy (non-hydrogen) atoms. The van der Waals surface area contributed by atoms with E-state index in [0.29, 0.717) is 24.6 Å². The molecule has 0 aliphatic carbocycles. The van der Waals surface area contributed by atoms with Crippen LogP contribution < -0.4 is 19.9 Å². The minimum atomic E-state index is -3.61. The van der Waals surface area contributed by atoms with Crippen LogP contribution in [-0.4, -0.2) is 43.7 Å². The van der Waals surface area contributed by atoms with E-state index in [1.165, 1.54) is 19.5 Å². The van der Waals surface area contributed by atoms with E-state index in [1.54, 1.807) is 35.1 Å². The molecule has 12 heteroatoms. The Morgan fingerprint density at radius 3 is 2.94 bits per heavy atom. The number of fused-ring (bicyclic) bond motifs is 1. The summed E-state index contributed by atoms with van der Waals surface area (Å²) in [4.78, 5) is 21.0. The van der Waals surface area contributed by atoms with Crippen molar-refractivity contribution >= 4 is 21.8 Å². The second kappa shape index (κ2) is 8.20. The third-order valence-corrected chi connectivity index (χ3v) is 6.11. The maximum atomic E-state index is 13.1. The largest absolute Gasteiger partial charge is 0.481 e. The molecular formula is C20H23N7O4S. The minimum Gasteiger partial charge on any atom is -0.481 e. The van der Waals surface area contributed by atoms with Gasteiger partial charge < -0.3 is 9.47 Å². The number of urea groups is 1. The molecule has 4 heterocycles. The Kier molecular flexibility index (Phi) is 5.57. The molecule has 0 spiro atoms. The lowest BCUT2D eigenvalue weighted by Gasteiger charge is -2.30. The number of ether oxygens (including phenoxy) is 2. The van der Waals surface area contributed by atoms with Gasteiger partial charge in [0.1, 0.15) is 10.7 Å². The SMILES string of the molecule is COc1cc(-c2cccnc2NC(=O)N=[S@](N)(=O)c2cnn3c2OCC(C)(C)C3)ccn1. The average molecular weight is 458 g/mol. The Bertz CT molecular complexity index is 1290. The molecule has 1 aliphatic rings. The second-order valence-corrected chi connectivity index (χ2v) is 9.76. The molecule has 0 saturated carbocycles. The van der Waals surface area contributed by atoms with Crippen molar-refractivity contribution in [1.82, 2.24) is 19.7 Å². The van der Waals surface area contributed by atoms with Gasteiger partial charge in [-0.05, 0) is 23.8 Å². The number of aromatic nitrogens is 4. The highest BCUT2D eigenvalue weighted by atomic mass is 32.2. The maximum absolute atomic E-state index is 13.1. The topological polar surface area (TPSA) is 147 Å². The Morgan fingerprint density at radius 2 is 2.16 bits per heavy atom. The summed E-state index contributed by atoms with van der Waals surface area (Å²) >= 11 is 0. The summed E-state index contributed by atoms with van der Waals surface area (Å²) in [5.41, 5.74) is 1.19. The highest BCUT2D eigenvalue weighted by molar-refractivity contribution is 7.91. The molecule has 168 valence electrons. The first-order valence-corrected chi connectivity index (χ1v) is 11.3. The smallest absolute Gasteiger partial charge is 0.356 e. The first kappa shape index (κ1) is 21.7. The van der Waals surface area contributed by atoms with Crippen molar-refractivity contribution < 1.29 is 18.5 Å². The predicted octanol–water partition coefficient (Wildman–Crippen LogP) is 2.70. The number of pyridine rings is 2. The van der Waals surface area contributed by atoms with Crippen LogP contribution in [0, 0.1) is 5.41 Å². The summed E-state index contributed by atoms with van der Waals surface area (Å²) in [6.07, 6.45) is 4.42. The third kappa shape index (κ3) is 4.41. The van der Waals surface area contributed by atoms with Crippen molar-refractivity contribution in [2.75, 3.05) is 19.0 Å². The number of methoxy groups -OCH3 is 1. The number of carbonyl (C=O) groups excluding carboxylic acids is 1. The molecule has 0 bridgehead atoms. The lowest BCUT2D eigenvalue weighted by atomic mass is 9.94. The number of carbonyl (C=O) groups is 1. The monoisotopic (exact) mass is 457 g/mol. The van der Waals surface area contributed by atoms with E-state index in [1.807, 2.05) is 13.8 Å². The summed E-state index contributed by atoms with van der Waals surface area (Å²) in [6.45, 7) is 5.02. The first-order chi connectivity index (χ1) is 15.2. The summed E-state index contributed by atoms with van der Waals surface area (Å²) in [6, 6.07) is 6.03. The fraction of sp³-hybridized carbons (Fsp3) is 0.300. The Balaban J connectivity index is 1.62. The van der Waals surface area contributed by atoms with Crippen LogP contribution in [0.2, 0.25) is 0 Å². The van der Waals surface area contributed by atoms with Crippen molar-refractivity contribution in [3.05, 3.63) is 42.9 Å². The van der Waals surface area contributed by atoms with Gasteiger partial charge in [-0.2, -0.15) is 5.10 Å². The zero-order chi connectivity index (χ0) is 22.9. The van der Waals surface area contributed by atoms with Gasteiger partial charge in [-0.15, -0.1) is 4.36 Å². The van der Waals surface area contributed by atoms with E-state index in [2.05, 4.69) is 24.7 Å². The summed E-state index contributed by atoms with van der Waals surface area (Å²) < 4.78 is 29.2. The quantitative estimate of drug-likeness (QED) is 0.612. The number of nitrogens with zero attached hydrogens (tertiary/aromatic N) is 5. The molecular weight excluding hydrogens is 434 g/mol. The van der Waals surface area contributed by atoms with E-state index < -0.39 is 15.9 Å². The summed E-state index contributed by atoms with van der Waals surface area (Å²) in [5, 5.41) is 12.7. The van der Waals surface area contributed by atoms with Crippen molar-refractivity contribution in [2.24, 2.45) is 14.9 Å². The molecule has 4 rings (SSSR count). The Morgan fingerprint density at radius 1 is 1.34 bits per heavy atom. The molecule has 0 fully saturated rings. The van der Waals surface area contributed by atoms with Gasteiger partial charge in [-0.3, -0.25) is 5.32 Å². The third-order valence-electron chi connectivity index (χ3n) is 4.76. The van der Waals surface area contributed by atoms with Gasteiger partial charge in [0.25, 0.3) is 0 Å². The molecule has 11 nitrogen and oxygen atoms in total. The Labute approximate surface area is 185 Å². The summed E-state index contributed by atoms with van der Waals surface area (Å²) in [5.74, 6) is 0.892. The van der Waals surface area contributed by atoms with E-state index >= 15 is 0 Å². The van der Waals surface area contributed by atoms with Crippen molar-refractivity contribution in [1.29, 1.82) is 0 Å². The zero-order valence-corrected chi connectivity index (χ0v) is 18.6. The number of rotatable bonds is 4. The van der Waals surface area contributed by atoms with Crippen LogP contribution in [0.4, 0.5) is 10.6 Å². The molecule has 3 aromatic rings. The molecule has 1 atom stereocenters. The molecule has 2 amide bonds. The average Bonchev–Trinajstić information content (AvgIpc) is 3.16. The van der Waals surface area contributed by atoms with Crippen molar-refractivity contribution in [3.8, 4) is 22.9 Å². The van der Waals surface area contributed by atoms with Crippen molar-refractivity contribution in [2.45, 2.75) is 25.3 Å². The van der Waals surface area contributed by atoms with E-state index in [0.717, 1.165) is 5.56 Å². The van der Waals surface area contributed by atoms with Gasteiger partial charge in [-0.25, -0.2) is 28.8 Å². The van der Waals surface area contributed by atoms with Gasteiger partial charge in [0.15, 0.2) is 9.92 Å². The van der Waals surface area contributed by atoms with Gasteiger partial charge in [0.2, 0.25) is 11.8 Å². The van der Waals surface area contributed by atoms with Crippen LogP contribution >= 0.6 is 0 Å². The summed E-state index contributed by atoms with van der Waals surface area (Å²) in [7, 11) is -2.10. The molecule has 0 unspecified atom stereocenters. The zero-order valence-electron chi connectivity index (χ0n) is 17.8. The molecule has 0 saturated heterocycles. The van der Waals surface area contributed by atoms with Crippen LogP contribution in [0.15, 0.2) is 52.1 Å².